The van der Waals surface area contributed by atoms with Gasteiger partial charge >= 0.3 is 17.9 Å². The van der Waals surface area contributed by atoms with E-state index < -0.39 is 55.4 Å². The molecule has 2 aliphatic rings. The number of nitrogens with zero attached hydrogens (tertiary/aromatic N) is 1. The van der Waals surface area contributed by atoms with Gasteiger partial charge in [0.15, 0.2) is 5.54 Å². The second-order valence-electron chi connectivity index (χ2n) is 11.5. The van der Waals surface area contributed by atoms with Crippen LogP contribution in [0.2, 0.25) is 16.6 Å². The summed E-state index contributed by atoms with van der Waals surface area (Å²) in [4.78, 5) is 68.5. The van der Waals surface area contributed by atoms with Gasteiger partial charge in [0.25, 0.3) is 20.1 Å². The number of hydrogen-bond donors (Lipinski definition) is 0. The third kappa shape index (κ3) is 5.07. The third-order valence-corrected chi connectivity index (χ3v) is 14.4. The molecular formula is C31H41NO8Si. The first kappa shape index (κ1) is 32.0. The minimum atomic E-state index is -2.65. The number of esters is 2. The van der Waals surface area contributed by atoms with E-state index in [0.717, 1.165) is 12.0 Å². The second kappa shape index (κ2) is 12.1. The number of methoxy groups -OCH3 is 1. The van der Waals surface area contributed by atoms with Crippen molar-refractivity contribution in [2.45, 2.75) is 77.0 Å². The van der Waals surface area contributed by atoms with Gasteiger partial charge in [-0.3, -0.25) is 19.3 Å². The normalized spacial score (nSPS) is 22.2. The van der Waals surface area contributed by atoms with Gasteiger partial charge < -0.3 is 13.9 Å². The van der Waals surface area contributed by atoms with Crippen LogP contribution in [-0.4, -0.2) is 62.2 Å². The van der Waals surface area contributed by atoms with Gasteiger partial charge in [-0.25, -0.2) is 9.59 Å². The molecule has 0 saturated heterocycles. The van der Waals surface area contributed by atoms with Crippen LogP contribution in [0.3, 0.4) is 0 Å². The number of ether oxygens (including phenoxy) is 2. The van der Waals surface area contributed by atoms with Crippen molar-refractivity contribution >= 4 is 38.0 Å². The largest absolute Gasteiger partial charge is 0.515 e. The Morgan fingerprint density at radius 3 is 1.93 bits per heavy atom. The molecule has 0 unspecified atom stereocenters. The lowest BCUT2D eigenvalue weighted by Crippen LogP contribution is -2.51. The number of fused-ring (bicyclic) bond motifs is 1. The molecule has 1 aromatic carbocycles. The zero-order valence-electron chi connectivity index (χ0n) is 25.2. The van der Waals surface area contributed by atoms with Gasteiger partial charge in [-0.2, -0.15) is 0 Å². The number of benzene rings is 1. The summed E-state index contributed by atoms with van der Waals surface area (Å²) in [5, 5.41) is 0. The summed E-state index contributed by atoms with van der Waals surface area (Å²) < 4.78 is 16.8. The fourth-order valence-corrected chi connectivity index (χ4v) is 11.8. The van der Waals surface area contributed by atoms with E-state index >= 15 is 0 Å². The van der Waals surface area contributed by atoms with Crippen LogP contribution in [0, 0.1) is 11.8 Å². The minimum Gasteiger partial charge on any atom is -0.515 e. The Labute approximate surface area is 243 Å². The Kier molecular flexibility index (Phi) is 9.47. The van der Waals surface area contributed by atoms with Gasteiger partial charge in [0.05, 0.1) is 24.8 Å². The predicted octanol–water partition coefficient (Wildman–Crippen LogP) is 5.22. The molecule has 0 bridgehead atoms. The maximum absolute atomic E-state index is 13.8. The van der Waals surface area contributed by atoms with E-state index in [1.165, 1.54) is 24.3 Å². The quantitative estimate of drug-likeness (QED) is 0.108. The monoisotopic (exact) mass is 583 g/mol. The first-order chi connectivity index (χ1) is 19.3. The van der Waals surface area contributed by atoms with Crippen LogP contribution in [0.15, 0.2) is 48.6 Å². The van der Waals surface area contributed by atoms with Crippen molar-refractivity contribution in [2.24, 2.45) is 11.8 Å². The van der Waals surface area contributed by atoms with Crippen LogP contribution < -0.4 is 0 Å². The molecule has 1 saturated carbocycles. The second-order valence-corrected chi connectivity index (χ2v) is 16.8. The molecule has 1 aliphatic carbocycles. The Balaban J connectivity index is 2.18. The number of carbonyl (C=O) groups is 5. The van der Waals surface area contributed by atoms with Crippen molar-refractivity contribution < 1.29 is 37.9 Å². The Morgan fingerprint density at radius 2 is 1.51 bits per heavy atom. The van der Waals surface area contributed by atoms with Gasteiger partial charge in [-0.15, -0.1) is 6.58 Å². The van der Waals surface area contributed by atoms with E-state index in [1.807, 2.05) is 0 Å². The number of allylic oxidation sites excluding steroid dienone is 1. The zero-order chi connectivity index (χ0) is 30.9. The molecular weight excluding hydrogens is 542 g/mol. The number of amides is 2. The summed E-state index contributed by atoms with van der Waals surface area (Å²) in [6.07, 6.45) is 3.08. The lowest BCUT2D eigenvalue weighted by molar-refractivity contribution is -0.153. The van der Waals surface area contributed by atoms with Crippen molar-refractivity contribution in [2.75, 3.05) is 13.7 Å². The summed E-state index contributed by atoms with van der Waals surface area (Å²) in [6, 6.07) is 6.19. The molecule has 0 radical (unpaired) electrons. The molecule has 2 amide bonds. The minimum absolute atomic E-state index is 0.0119. The highest BCUT2D eigenvalue weighted by molar-refractivity contribution is 6.79. The van der Waals surface area contributed by atoms with Crippen molar-refractivity contribution in [3.05, 3.63) is 59.7 Å². The van der Waals surface area contributed by atoms with Gasteiger partial charge in [-0.1, -0.05) is 65.8 Å². The fourth-order valence-electron chi connectivity index (χ4n) is 6.68. The topological polar surface area (TPSA) is 116 Å². The summed E-state index contributed by atoms with van der Waals surface area (Å²) in [6.45, 7) is 17.7. The van der Waals surface area contributed by atoms with E-state index in [1.54, 1.807) is 19.1 Å². The fraction of sp³-hybridized carbons (Fsp3) is 0.516. The third-order valence-electron chi connectivity index (χ3n) is 8.43. The van der Waals surface area contributed by atoms with E-state index in [0.29, 0.717) is 0 Å². The molecule has 10 heteroatoms. The van der Waals surface area contributed by atoms with E-state index in [9.17, 15) is 24.0 Å². The molecule has 1 aromatic rings. The van der Waals surface area contributed by atoms with Crippen LogP contribution in [0.4, 0.5) is 0 Å². The molecule has 1 aliphatic heterocycles. The highest BCUT2D eigenvalue weighted by Gasteiger charge is 2.80. The van der Waals surface area contributed by atoms with Crippen LogP contribution in [0.1, 0.15) is 75.6 Å². The standard InChI is InChI=1S/C31H41NO8Si/c1-10-14-21(28(35)40-41(18(3)4,19(5)6)20(7)8)17-24-25(29(36)39-11-2)31(24,30(37)38-9)32-26(33)22-15-12-13-16-23(22)27(32)34/h10,12-13,15-20,24-25H,1,11,14H2,2-9H3/b21-17-/t24-,25+,31+/m0/s1. The van der Waals surface area contributed by atoms with Crippen molar-refractivity contribution in [1.82, 2.24) is 4.90 Å². The molecule has 1 fully saturated rings. The van der Waals surface area contributed by atoms with Crippen LogP contribution in [0.25, 0.3) is 0 Å². The van der Waals surface area contributed by atoms with Crippen LogP contribution >= 0.6 is 0 Å². The van der Waals surface area contributed by atoms with Crippen molar-refractivity contribution in [1.29, 1.82) is 0 Å². The van der Waals surface area contributed by atoms with E-state index in [-0.39, 0.29) is 46.4 Å². The van der Waals surface area contributed by atoms with Crippen LogP contribution in [-0.2, 0) is 28.3 Å². The number of hydrogen-bond acceptors (Lipinski definition) is 8. The van der Waals surface area contributed by atoms with Gasteiger partial charge in [-0.05, 0) is 42.1 Å². The lowest BCUT2D eigenvalue weighted by atomic mass is 10.1. The summed E-state index contributed by atoms with van der Waals surface area (Å²) >= 11 is 0. The summed E-state index contributed by atoms with van der Waals surface area (Å²) in [7, 11) is -1.52. The van der Waals surface area contributed by atoms with Crippen molar-refractivity contribution in [3.8, 4) is 0 Å². The first-order valence-electron chi connectivity index (χ1n) is 14.1. The number of carbonyl (C=O) groups excluding carboxylic acids is 5. The highest BCUT2D eigenvalue weighted by atomic mass is 28.4. The van der Waals surface area contributed by atoms with E-state index in [4.69, 9.17) is 13.9 Å². The lowest BCUT2D eigenvalue weighted by Gasteiger charge is -2.41. The average Bonchev–Trinajstić information content (AvgIpc) is 3.50. The SMILES string of the molecule is C=CC/C(=C/[C@H]1[C@H](C(=O)OCC)[C@]1(C(=O)OC)N1C(=O)c2ccccc2C1=O)C(=O)O[Si](C(C)C)(C(C)C)C(C)C. The summed E-state index contributed by atoms with van der Waals surface area (Å²) in [5.74, 6) is -6.09. The van der Waals surface area contributed by atoms with Crippen molar-refractivity contribution in [3.63, 3.8) is 0 Å². The van der Waals surface area contributed by atoms with Gasteiger partial charge in [0, 0.05) is 11.5 Å². The molecule has 0 spiro atoms. The molecule has 3 atom stereocenters. The molecule has 1 heterocycles. The molecule has 0 N–H and O–H groups in total. The van der Waals surface area contributed by atoms with E-state index in [2.05, 4.69) is 48.1 Å². The predicted molar refractivity (Wildman–Crippen MR) is 155 cm³/mol. The maximum atomic E-state index is 13.8. The first-order valence-corrected chi connectivity index (χ1v) is 16.2. The molecule has 3 rings (SSSR count). The molecule has 9 nitrogen and oxygen atoms in total. The van der Waals surface area contributed by atoms with Gasteiger partial charge in [0.2, 0.25) is 0 Å². The zero-order valence-corrected chi connectivity index (χ0v) is 26.2. The Bertz CT molecular complexity index is 1230. The smallest absolute Gasteiger partial charge is 0.333 e. The molecule has 222 valence electrons. The van der Waals surface area contributed by atoms with Crippen LogP contribution in [0.5, 0.6) is 0 Å². The maximum Gasteiger partial charge on any atom is 0.333 e. The summed E-state index contributed by atoms with van der Waals surface area (Å²) in [5.41, 5.74) is -1.24. The molecule has 41 heavy (non-hydrogen) atoms. The molecule has 0 aromatic heterocycles. The highest BCUT2D eigenvalue weighted by Crippen LogP contribution is 2.59. The Morgan fingerprint density at radius 1 is 1.00 bits per heavy atom. The Hall–Kier alpha value is -3.53. The number of rotatable bonds is 12. The average molecular weight is 584 g/mol. The van der Waals surface area contributed by atoms with Gasteiger partial charge in [0.1, 0.15) is 5.92 Å². The number of imide groups is 1.